The van der Waals surface area contributed by atoms with E-state index in [1.54, 1.807) is 26.0 Å². The maximum absolute atomic E-state index is 13.6. The number of hydrogen-bond acceptors (Lipinski definition) is 5. The van der Waals surface area contributed by atoms with E-state index in [0.717, 1.165) is 5.57 Å². The van der Waals surface area contributed by atoms with Crippen molar-refractivity contribution < 1.29 is 24.3 Å². The van der Waals surface area contributed by atoms with Gasteiger partial charge in [-0.15, -0.1) is 0 Å². The van der Waals surface area contributed by atoms with E-state index in [1.807, 2.05) is 32.9 Å². The maximum atomic E-state index is 13.6. The number of allylic oxidation sites excluding steroid dienone is 6. The smallest absolute Gasteiger partial charge is 0.234 e. The standard InChI is InChI=1S/C28H29NO5/c1-13-7-6-8-16(24(13)31)21-15-9-10-17-22(27(34)29(26(17)33)28(3,4)5)18(15)12-19-20(30)11-14(2)25(32)23(19)21/h6-9,11,17-18,21-22,31H,10,12H2,1-5H3. The summed E-state index contributed by atoms with van der Waals surface area (Å²) in [4.78, 5) is 54.7. The molecule has 1 aromatic rings. The number of phenols is 1. The average molecular weight is 460 g/mol. The molecule has 1 fully saturated rings. The first kappa shape index (κ1) is 22.5. The zero-order valence-corrected chi connectivity index (χ0v) is 20.1. The number of carbonyl (C=O) groups is 4. The largest absolute Gasteiger partial charge is 0.507 e. The number of likely N-dealkylation sites (tertiary alicyclic amines) is 1. The minimum Gasteiger partial charge on any atom is -0.507 e. The Hall–Kier alpha value is -3.28. The van der Waals surface area contributed by atoms with Crippen LogP contribution in [0, 0.1) is 24.7 Å². The first-order valence-electron chi connectivity index (χ1n) is 11.8. The van der Waals surface area contributed by atoms with Crippen molar-refractivity contribution in [3.63, 3.8) is 0 Å². The van der Waals surface area contributed by atoms with Crippen LogP contribution in [0.5, 0.6) is 5.75 Å². The van der Waals surface area contributed by atoms with Crippen LogP contribution in [0.25, 0.3) is 0 Å². The van der Waals surface area contributed by atoms with E-state index < -0.39 is 23.3 Å². The third-order valence-corrected chi connectivity index (χ3v) is 7.82. The molecule has 2 amide bonds. The molecule has 4 unspecified atom stereocenters. The van der Waals surface area contributed by atoms with Gasteiger partial charge in [-0.2, -0.15) is 0 Å². The van der Waals surface area contributed by atoms with Crippen LogP contribution < -0.4 is 0 Å². The van der Waals surface area contributed by atoms with Gasteiger partial charge in [0.25, 0.3) is 0 Å². The molecule has 4 aliphatic rings. The van der Waals surface area contributed by atoms with Crippen LogP contribution in [0.2, 0.25) is 0 Å². The number of imide groups is 1. The van der Waals surface area contributed by atoms with Gasteiger partial charge < -0.3 is 5.11 Å². The molecule has 1 aliphatic heterocycles. The molecule has 3 aliphatic carbocycles. The molecule has 6 heteroatoms. The molecule has 0 bridgehead atoms. The second kappa shape index (κ2) is 7.36. The Balaban J connectivity index is 1.71. The molecule has 4 atom stereocenters. The van der Waals surface area contributed by atoms with Crippen LogP contribution in [-0.2, 0) is 19.2 Å². The van der Waals surface area contributed by atoms with Gasteiger partial charge in [0.1, 0.15) is 5.75 Å². The lowest BCUT2D eigenvalue weighted by atomic mass is 9.59. The normalized spacial score (nSPS) is 29.0. The van der Waals surface area contributed by atoms with Crippen LogP contribution in [-0.4, -0.2) is 38.9 Å². The summed E-state index contributed by atoms with van der Waals surface area (Å²) in [5, 5.41) is 11.0. The molecule has 0 saturated carbocycles. The fourth-order valence-corrected chi connectivity index (χ4v) is 6.29. The van der Waals surface area contributed by atoms with E-state index >= 15 is 0 Å². The molecular weight excluding hydrogens is 430 g/mol. The number of para-hydroxylation sites is 1. The Bertz CT molecular complexity index is 1270. The third kappa shape index (κ3) is 3.00. The van der Waals surface area contributed by atoms with Crippen LogP contribution >= 0.6 is 0 Å². The lowest BCUT2D eigenvalue weighted by Gasteiger charge is -2.42. The lowest BCUT2D eigenvalue weighted by Crippen LogP contribution is -2.46. The Morgan fingerprint density at radius 3 is 2.38 bits per heavy atom. The monoisotopic (exact) mass is 459 g/mol. The number of aryl methyl sites for hydroxylation is 1. The summed E-state index contributed by atoms with van der Waals surface area (Å²) in [5.41, 5.74) is 2.62. The number of amides is 2. The molecule has 34 heavy (non-hydrogen) atoms. The van der Waals surface area contributed by atoms with Gasteiger partial charge in [0.15, 0.2) is 11.6 Å². The van der Waals surface area contributed by atoms with E-state index in [4.69, 9.17) is 0 Å². The van der Waals surface area contributed by atoms with Crippen LogP contribution in [0.15, 0.2) is 52.6 Å². The summed E-state index contributed by atoms with van der Waals surface area (Å²) >= 11 is 0. The van der Waals surface area contributed by atoms with Crippen LogP contribution in [0.3, 0.4) is 0 Å². The number of hydrogen-bond donors (Lipinski definition) is 1. The predicted octanol–water partition coefficient (Wildman–Crippen LogP) is 3.93. The molecule has 0 radical (unpaired) electrons. The summed E-state index contributed by atoms with van der Waals surface area (Å²) in [6.07, 6.45) is 3.99. The van der Waals surface area contributed by atoms with Gasteiger partial charge in [0.05, 0.1) is 11.8 Å². The van der Waals surface area contributed by atoms with Crippen molar-refractivity contribution in [2.75, 3.05) is 0 Å². The SMILES string of the molecule is CC1=CC(=O)C2=C(C1=O)C(c1cccc(C)c1O)C1=CCC3C(=O)N(C(C)(C)C)C(=O)C3C1C2. The Morgan fingerprint density at radius 1 is 1.00 bits per heavy atom. The summed E-state index contributed by atoms with van der Waals surface area (Å²) in [6.45, 7) is 8.97. The highest BCUT2D eigenvalue weighted by molar-refractivity contribution is 6.24. The molecule has 0 aromatic heterocycles. The van der Waals surface area contributed by atoms with Crippen LogP contribution in [0.1, 0.15) is 57.6 Å². The number of rotatable bonds is 1. The summed E-state index contributed by atoms with van der Waals surface area (Å²) < 4.78 is 0. The van der Waals surface area contributed by atoms with Crippen LogP contribution in [0.4, 0.5) is 0 Å². The topological polar surface area (TPSA) is 91.8 Å². The van der Waals surface area contributed by atoms with Crippen molar-refractivity contribution in [2.45, 2.75) is 58.9 Å². The zero-order valence-electron chi connectivity index (χ0n) is 20.1. The van der Waals surface area contributed by atoms with Gasteiger partial charge in [-0.1, -0.05) is 29.8 Å². The molecule has 1 saturated heterocycles. The number of fused-ring (bicyclic) bond motifs is 3. The fourth-order valence-electron chi connectivity index (χ4n) is 6.29. The average Bonchev–Trinajstić information content (AvgIpc) is 3.03. The minimum atomic E-state index is -0.643. The molecule has 6 nitrogen and oxygen atoms in total. The second-order valence-corrected chi connectivity index (χ2v) is 10.9. The highest BCUT2D eigenvalue weighted by atomic mass is 16.3. The van der Waals surface area contributed by atoms with Crippen molar-refractivity contribution in [3.8, 4) is 5.75 Å². The van der Waals surface area contributed by atoms with Crippen molar-refractivity contribution in [1.29, 1.82) is 0 Å². The number of aromatic hydroxyl groups is 1. The number of benzene rings is 1. The second-order valence-electron chi connectivity index (χ2n) is 10.9. The molecule has 0 spiro atoms. The first-order valence-corrected chi connectivity index (χ1v) is 11.8. The predicted molar refractivity (Wildman–Crippen MR) is 126 cm³/mol. The Morgan fingerprint density at radius 2 is 1.71 bits per heavy atom. The highest BCUT2D eigenvalue weighted by Crippen LogP contribution is 2.56. The van der Waals surface area contributed by atoms with Crippen molar-refractivity contribution in [2.24, 2.45) is 17.8 Å². The zero-order chi connectivity index (χ0) is 24.7. The number of Topliss-reactive ketones (excluding diaryl/α,β-unsaturated/α-hetero) is 1. The van der Waals surface area contributed by atoms with E-state index in [-0.39, 0.29) is 41.5 Å². The van der Waals surface area contributed by atoms with Gasteiger partial charge in [0, 0.05) is 33.7 Å². The molecule has 5 rings (SSSR count). The van der Waals surface area contributed by atoms with E-state index in [1.165, 1.54) is 11.0 Å². The summed E-state index contributed by atoms with van der Waals surface area (Å²) in [6, 6.07) is 5.39. The number of ketones is 2. The molecule has 176 valence electrons. The lowest BCUT2D eigenvalue weighted by molar-refractivity contribution is -0.145. The minimum absolute atomic E-state index is 0.0839. The Kier molecular flexibility index (Phi) is 4.87. The molecule has 1 heterocycles. The summed E-state index contributed by atoms with van der Waals surface area (Å²) in [5.74, 6) is -2.78. The highest BCUT2D eigenvalue weighted by Gasteiger charge is 2.58. The van der Waals surface area contributed by atoms with Crippen molar-refractivity contribution >= 4 is 23.4 Å². The third-order valence-electron chi connectivity index (χ3n) is 7.82. The molecule has 1 N–H and O–H groups in total. The van der Waals surface area contributed by atoms with E-state index in [9.17, 15) is 24.3 Å². The van der Waals surface area contributed by atoms with Gasteiger partial charge >= 0.3 is 0 Å². The number of nitrogens with zero attached hydrogens (tertiary/aromatic N) is 1. The van der Waals surface area contributed by atoms with Gasteiger partial charge in [-0.25, -0.2) is 0 Å². The van der Waals surface area contributed by atoms with Gasteiger partial charge in [-0.3, -0.25) is 24.1 Å². The first-order chi connectivity index (χ1) is 15.9. The fraction of sp³-hybridized carbons (Fsp3) is 0.429. The number of carbonyl (C=O) groups excluding carboxylic acids is 4. The van der Waals surface area contributed by atoms with Gasteiger partial charge in [-0.05, 0) is 65.0 Å². The summed E-state index contributed by atoms with van der Waals surface area (Å²) in [7, 11) is 0. The van der Waals surface area contributed by atoms with Gasteiger partial charge in [0.2, 0.25) is 11.8 Å². The Labute approximate surface area is 199 Å². The van der Waals surface area contributed by atoms with E-state index in [0.29, 0.717) is 34.3 Å². The molecular formula is C28H29NO5. The molecule has 1 aromatic carbocycles. The van der Waals surface area contributed by atoms with E-state index in [2.05, 4.69) is 0 Å². The maximum Gasteiger partial charge on any atom is 0.234 e. The van der Waals surface area contributed by atoms with Crippen molar-refractivity contribution in [3.05, 3.63) is 63.8 Å². The number of phenolic OH excluding ortho intramolecular Hbond substituents is 1. The quantitative estimate of drug-likeness (QED) is 0.390. The van der Waals surface area contributed by atoms with Crippen molar-refractivity contribution in [1.82, 2.24) is 4.90 Å².